The maximum absolute atomic E-state index is 12.7. The zero-order chi connectivity index (χ0) is 18.6. The fourth-order valence-electron chi connectivity index (χ4n) is 2.23. The summed E-state index contributed by atoms with van der Waals surface area (Å²) in [5, 5.41) is 13.2. The van der Waals surface area contributed by atoms with Crippen LogP contribution >= 0.6 is 0 Å². The fourth-order valence-corrected chi connectivity index (χ4v) is 2.23. The number of nitrogens with one attached hydrogen (secondary N) is 1. The number of benzene rings is 2. The highest BCUT2D eigenvalue weighted by Gasteiger charge is 2.30. The predicted molar refractivity (Wildman–Crippen MR) is 85.3 cm³/mol. The molecule has 0 saturated carbocycles. The molecule has 2 aromatic rings. The standard InChI is InChI=1S/C17H15F3N2O3/c1-11(12-5-7-15(8-6-12)22(24)25)10-21-16(23)13-3-2-4-14(9-13)17(18,19)20/h2-9,11H,10H2,1H3,(H,21,23)/t11-/m0/s1. The van der Waals surface area contributed by atoms with Gasteiger partial charge in [-0.05, 0) is 29.7 Å². The van der Waals surface area contributed by atoms with Gasteiger partial charge in [0, 0.05) is 24.2 Å². The highest BCUT2D eigenvalue weighted by atomic mass is 19.4. The summed E-state index contributed by atoms with van der Waals surface area (Å²) in [6, 6.07) is 10.1. The summed E-state index contributed by atoms with van der Waals surface area (Å²) in [4.78, 5) is 22.1. The van der Waals surface area contributed by atoms with Gasteiger partial charge in [0.25, 0.3) is 11.6 Å². The molecule has 2 rings (SSSR count). The molecule has 0 radical (unpaired) electrons. The number of rotatable bonds is 5. The fraction of sp³-hybridized carbons (Fsp3) is 0.235. The summed E-state index contributed by atoms with van der Waals surface area (Å²) in [5.41, 5.74) is -0.229. The van der Waals surface area contributed by atoms with Crippen LogP contribution < -0.4 is 5.32 Å². The minimum atomic E-state index is -4.51. The maximum Gasteiger partial charge on any atom is 0.416 e. The molecule has 0 aliphatic carbocycles. The van der Waals surface area contributed by atoms with Crippen molar-refractivity contribution in [2.75, 3.05) is 6.54 Å². The average molecular weight is 352 g/mol. The number of carbonyl (C=O) groups is 1. The highest BCUT2D eigenvalue weighted by Crippen LogP contribution is 2.29. The van der Waals surface area contributed by atoms with E-state index in [0.29, 0.717) is 0 Å². The van der Waals surface area contributed by atoms with Gasteiger partial charge in [-0.15, -0.1) is 0 Å². The van der Waals surface area contributed by atoms with E-state index >= 15 is 0 Å². The Hall–Kier alpha value is -2.90. The number of hydrogen-bond donors (Lipinski definition) is 1. The topological polar surface area (TPSA) is 72.2 Å². The quantitative estimate of drug-likeness (QED) is 0.649. The molecule has 0 spiro atoms. The van der Waals surface area contributed by atoms with Crippen molar-refractivity contribution >= 4 is 11.6 Å². The third-order valence-corrected chi connectivity index (χ3v) is 3.69. The third kappa shape index (κ3) is 4.79. The Morgan fingerprint density at radius 1 is 1.20 bits per heavy atom. The number of alkyl halides is 3. The largest absolute Gasteiger partial charge is 0.416 e. The van der Waals surface area contributed by atoms with E-state index in [0.717, 1.165) is 17.7 Å². The van der Waals surface area contributed by atoms with Crippen LogP contribution in [-0.4, -0.2) is 17.4 Å². The van der Waals surface area contributed by atoms with Crippen LogP contribution in [0.25, 0.3) is 0 Å². The molecule has 0 aliphatic rings. The first kappa shape index (κ1) is 18.4. The number of non-ortho nitro benzene ring substituents is 1. The summed E-state index contributed by atoms with van der Waals surface area (Å²) in [7, 11) is 0. The molecule has 1 N–H and O–H groups in total. The molecule has 25 heavy (non-hydrogen) atoms. The Balaban J connectivity index is 2.00. The number of hydrogen-bond acceptors (Lipinski definition) is 3. The van der Waals surface area contributed by atoms with Crippen LogP contribution in [0.4, 0.5) is 18.9 Å². The van der Waals surface area contributed by atoms with Gasteiger partial charge in [-0.2, -0.15) is 13.2 Å². The zero-order valence-electron chi connectivity index (χ0n) is 13.2. The second-order valence-electron chi connectivity index (χ2n) is 5.54. The lowest BCUT2D eigenvalue weighted by atomic mass is 10.0. The van der Waals surface area contributed by atoms with Crippen molar-refractivity contribution in [2.24, 2.45) is 0 Å². The SMILES string of the molecule is C[C@@H](CNC(=O)c1cccc(C(F)(F)F)c1)c1ccc([N+](=O)[O-])cc1. The lowest BCUT2D eigenvalue weighted by molar-refractivity contribution is -0.384. The molecule has 0 fully saturated rings. The zero-order valence-corrected chi connectivity index (χ0v) is 13.2. The van der Waals surface area contributed by atoms with Crippen molar-refractivity contribution in [1.29, 1.82) is 0 Å². The second kappa shape index (κ2) is 7.33. The van der Waals surface area contributed by atoms with E-state index in [9.17, 15) is 28.1 Å². The van der Waals surface area contributed by atoms with E-state index in [1.807, 2.05) is 0 Å². The molecule has 1 amide bonds. The molecule has 5 nitrogen and oxygen atoms in total. The van der Waals surface area contributed by atoms with Gasteiger partial charge in [0.1, 0.15) is 0 Å². The molecular formula is C17H15F3N2O3. The van der Waals surface area contributed by atoms with Gasteiger partial charge in [0.2, 0.25) is 0 Å². The molecule has 1 atom stereocenters. The molecule has 0 heterocycles. The van der Waals surface area contributed by atoms with Gasteiger partial charge < -0.3 is 5.32 Å². The molecule has 0 bridgehead atoms. The molecule has 8 heteroatoms. The first-order valence-corrected chi connectivity index (χ1v) is 7.38. The summed E-state index contributed by atoms with van der Waals surface area (Å²) in [6.07, 6.45) is -4.51. The molecule has 2 aromatic carbocycles. The number of amides is 1. The lowest BCUT2D eigenvalue weighted by Crippen LogP contribution is -2.27. The van der Waals surface area contributed by atoms with Crippen LogP contribution in [0.15, 0.2) is 48.5 Å². The van der Waals surface area contributed by atoms with Crippen LogP contribution in [0.5, 0.6) is 0 Å². The highest BCUT2D eigenvalue weighted by molar-refractivity contribution is 5.94. The first-order chi connectivity index (χ1) is 11.7. The van der Waals surface area contributed by atoms with E-state index in [2.05, 4.69) is 5.32 Å². The second-order valence-corrected chi connectivity index (χ2v) is 5.54. The molecular weight excluding hydrogens is 337 g/mol. The van der Waals surface area contributed by atoms with E-state index < -0.39 is 22.6 Å². The normalized spacial score (nSPS) is 12.5. The van der Waals surface area contributed by atoms with Crippen LogP contribution in [0.3, 0.4) is 0 Å². The number of nitro benzene ring substituents is 1. The van der Waals surface area contributed by atoms with Crippen molar-refractivity contribution in [3.05, 3.63) is 75.3 Å². The van der Waals surface area contributed by atoms with Gasteiger partial charge >= 0.3 is 6.18 Å². The van der Waals surface area contributed by atoms with Crippen molar-refractivity contribution in [2.45, 2.75) is 19.0 Å². The lowest BCUT2D eigenvalue weighted by Gasteiger charge is -2.14. The van der Waals surface area contributed by atoms with Crippen molar-refractivity contribution in [3.63, 3.8) is 0 Å². The summed E-state index contributed by atoms with van der Waals surface area (Å²) < 4.78 is 38.0. The third-order valence-electron chi connectivity index (χ3n) is 3.69. The van der Waals surface area contributed by atoms with Gasteiger partial charge in [0.15, 0.2) is 0 Å². The Labute approximate surface area is 141 Å². The van der Waals surface area contributed by atoms with Crippen molar-refractivity contribution in [3.8, 4) is 0 Å². The van der Waals surface area contributed by atoms with E-state index in [1.54, 1.807) is 19.1 Å². The van der Waals surface area contributed by atoms with Gasteiger partial charge in [-0.25, -0.2) is 0 Å². The molecule has 132 valence electrons. The Morgan fingerprint density at radius 2 is 1.84 bits per heavy atom. The van der Waals surface area contributed by atoms with Crippen LogP contribution in [0.2, 0.25) is 0 Å². The van der Waals surface area contributed by atoms with Crippen LogP contribution in [-0.2, 0) is 6.18 Å². The van der Waals surface area contributed by atoms with Gasteiger partial charge in [0.05, 0.1) is 10.5 Å². The predicted octanol–water partition coefficient (Wildman–Crippen LogP) is 4.15. The summed E-state index contributed by atoms with van der Waals surface area (Å²) in [6.45, 7) is 1.99. The van der Waals surface area contributed by atoms with Crippen molar-refractivity contribution < 1.29 is 22.9 Å². The van der Waals surface area contributed by atoms with E-state index in [4.69, 9.17) is 0 Å². The minimum absolute atomic E-state index is 0.0380. The monoisotopic (exact) mass is 352 g/mol. The molecule has 0 aliphatic heterocycles. The first-order valence-electron chi connectivity index (χ1n) is 7.38. The maximum atomic E-state index is 12.7. The van der Waals surface area contributed by atoms with Crippen LogP contribution in [0.1, 0.15) is 34.3 Å². The summed E-state index contributed by atoms with van der Waals surface area (Å²) >= 11 is 0. The van der Waals surface area contributed by atoms with E-state index in [-0.39, 0.29) is 23.7 Å². The number of nitrogens with zero attached hydrogens (tertiary/aromatic N) is 1. The number of nitro groups is 1. The molecule has 0 saturated heterocycles. The Bertz CT molecular complexity index is 773. The molecule has 0 unspecified atom stereocenters. The van der Waals surface area contributed by atoms with E-state index in [1.165, 1.54) is 24.3 Å². The number of halogens is 3. The minimum Gasteiger partial charge on any atom is -0.351 e. The molecule has 0 aromatic heterocycles. The van der Waals surface area contributed by atoms with Gasteiger partial charge in [-0.3, -0.25) is 14.9 Å². The Kier molecular flexibility index (Phi) is 5.41. The van der Waals surface area contributed by atoms with Crippen molar-refractivity contribution in [1.82, 2.24) is 5.32 Å². The summed E-state index contributed by atoms with van der Waals surface area (Å²) in [5.74, 6) is -0.768. The Morgan fingerprint density at radius 3 is 2.40 bits per heavy atom. The smallest absolute Gasteiger partial charge is 0.351 e. The van der Waals surface area contributed by atoms with Gasteiger partial charge in [-0.1, -0.05) is 25.1 Å². The number of carbonyl (C=O) groups excluding carboxylic acids is 1. The van der Waals surface area contributed by atoms with Crippen LogP contribution in [0, 0.1) is 10.1 Å². The average Bonchev–Trinajstić information content (AvgIpc) is 2.58.